The molecule has 0 aliphatic carbocycles. The van der Waals surface area contributed by atoms with Crippen molar-refractivity contribution in [1.29, 1.82) is 0 Å². The van der Waals surface area contributed by atoms with Gasteiger partial charge in [-0.15, -0.1) is 0 Å². The van der Waals surface area contributed by atoms with E-state index in [1.165, 1.54) is 12.1 Å². The lowest BCUT2D eigenvalue weighted by Crippen LogP contribution is -2.29. The first-order valence-electron chi connectivity index (χ1n) is 11.7. The Hall–Kier alpha value is -3.85. The molecule has 4 aromatic rings. The van der Waals surface area contributed by atoms with E-state index in [0.29, 0.717) is 16.5 Å². The summed E-state index contributed by atoms with van der Waals surface area (Å²) in [6, 6.07) is 20.1. The summed E-state index contributed by atoms with van der Waals surface area (Å²) in [5.41, 5.74) is 3.98. The van der Waals surface area contributed by atoms with Gasteiger partial charge in [-0.1, -0.05) is 18.2 Å². The molecule has 2 atom stereocenters. The lowest BCUT2D eigenvalue weighted by Gasteiger charge is -2.28. The van der Waals surface area contributed by atoms with Gasteiger partial charge in [0.25, 0.3) is 0 Å². The van der Waals surface area contributed by atoms with Gasteiger partial charge < -0.3 is 19.5 Å². The normalized spacial score (nSPS) is 17.7. The third-order valence-corrected chi connectivity index (χ3v) is 6.96. The van der Waals surface area contributed by atoms with E-state index < -0.39 is 11.7 Å². The molecule has 1 aliphatic heterocycles. The molecule has 0 spiro atoms. The molecule has 0 saturated carbocycles. The molecular formula is C28H25F3N4OS. The van der Waals surface area contributed by atoms with Gasteiger partial charge in [-0.05, 0) is 80.2 Å². The van der Waals surface area contributed by atoms with Gasteiger partial charge in [0.15, 0.2) is 5.11 Å². The van der Waals surface area contributed by atoms with Gasteiger partial charge in [0.2, 0.25) is 0 Å². The van der Waals surface area contributed by atoms with Crippen molar-refractivity contribution in [1.82, 2.24) is 14.9 Å². The molecule has 37 heavy (non-hydrogen) atoms. The summed E-state index contributed by atoms with van der Waals surface area (Å²) in [6.07, 6.45) is -2.69. The number of aromatic nitrogens is 2. The van der Waals surface area contributed by atoms with Crippen LogP contribution in [0.1, 0.15) is 40.3 Å². The third kappa shape index (κ3) is 4.55. The average Bonchev–Trinajstić information content (AvgIpc) is 3.39. The van der Waals surface area contributed by atoms with Gasteiger partial charge in [-0.2, -0.15) is 13.2 Å². The summed E-state index contributed by atoms with van der Waals surface area (Å²) >= 11 is 5.80. The van der Waals surface area contributed by atoms with Crippen LogP contribution in [0, 0.1) is 13.8 Å². The number of halogens is 3. The molecule has 5 nitrogen and oxygen atoms in total. The minimum Gasteiger partial charge on any atom is -0.497 e. The van der Waals surface area contributed by atoms with Crippen molar-refractivity contribution in [2.75, 3.05) is 12.0 Å². The van der Waals surface area contributed by atoms with E-state index in [4.69, 9.17) is 17.0 Å². The van der Waals surface area contributed by atoms with Crippen molar-refractivity contribution in [3.63, 3.8) is 0 Å². The van der Waals surface area contributed by atoms with Crippen molar-refractivity contribution >= 4 is 23.0 Å². The maximum absolute atomic E-state index is 13.5. The van der Waals surface area contributed by atoms with Crippen LogP contribution >= 0.6 is 12.2 Å². The van der Waals surface area contributed by atoms with Gasteiger partial charge in [0.1, 0.15) is 5.75 Å². The maximum atomic E-state index is 13.5. The fourth-order valence-corrected chi connectivity index (χ4v) is 5.36. The Morgan fingerprint density at radius 1 is 0.946 bits per heavy atom. The fourth-order valence-electron chi connectivity index (χ4n) is 5.02. The molecule has 190 valence electrons. The second kappa shape index (κ2) is 9.55. The Balaban J connectivity index is 1.67. The van der Waals surface area contributed by atoms with E-state index in [-0.39, 0.29) is 12.1 Å². The van der Waals surface area contributed by atoms with Crippen LogP contribution in [0.5, 0.6) is 5.75 Å². The fraction of sp³-hybridized carbons (Fsp3) is 0.214. The minimum absolute atomic E-state index is 0.282. The Morgan fingerprint density at radius 3 is 2.41 bits per heavy atom. The Kier molecular flexibility index (Phi) is 6.41. The summed E-state index contributed by atoms with van der Waals surface area (Å²) in [5.74, 6) is 0.690. The van der Waals surface area contributed by atoms with Crippen molar-refractivity contribution in [3.8, 4) is 11.4 Å². The molecule has 0 bridgehead atoms. The number of aryl methyl sites for hydroxylation is 1. The van der Waals surface area contributed by atoms with Crippen molar-refractivity contribution in [3.05, 3.63) is 107 Å². The van der Waals surface area contributed by atoms with Gasteiger partial charge >= 0.3 is 6.18 Å². The second-order valence-corrected chi connectivity index (χ2v) is 9.29. The molecule has 2 aromatic carbocycles. The zero-order chi connectivity index (χ0) is 26.3. The highest BCUT2D eigenvalue weighted by molar-refractivity contribution is 7.80. The maximum Gasteiger partial charge on any atom is 0.416 e. The van der Waals surface area contributed by atoms with E-state index in [0.717, 1.165) is 34.4 Å². The van der Waals surface area contributed by atoms with Crippen LogP contribution in [0.2, 0.25) is 0 Å². The number of nitrogens with one attached hydrogen (secondary N) is 1. The molecule has 0 amide bonds. The minimum atomic E-state index is -4.43. The number of ether oxygens (including phenoxy) is 1. The van der Waals surface area contributed by atoms with Crippen LogP contribution < -0.4 is 15.0 Å². The van der Waals surface area contributed by atoms with E-state index >= 15 is 0 Å². The number of hydrogen-bond donors (Lipinski definition) is 1. The molecule has 1 saturated heterocycles. The number of alkyl halides is 3. The highest BCUT2D eigenvalue weighted by Gasteiger charge is 2.42. The van der Waals surface area contributed by atoms with E-state index in [1.807, 2.05) is 71.8 Å². The second-order valence-electron chi connectivity index (χ2n) is 8.91. The monoisotopic (exact) mass is 522 g/mol. The number of thiocarbonyl (C=S) groups is 1. The smallest absolute Gasteiger partial charge is 0.416 e. The predicted molar refractivity (Wildman–Crippen MR) is 141 cm³/mol. The van der Waals surface area contributed by atoms with E-state index in [1.54, 1.807) is 19.4 Å². The van der Waals surface area contributed by atoms with E-state index in [2.05, 4.69) is 10.3 Å². The van der Waals surface area contributed by atoms with E-state index in [9.17, 15) is 13.2 Å². The van der Waals surface area contributed by atoms with Crippen LogP contribution in [-0.4, -0.2) is 21.8 Å². The molecule has 1 aliphatic rings. The molecule has 1 N–H and O–H groups in total. The number of rotatable bonds is 5. The number of pyridine rings is 1. The SMILES string of the molecule is COc1cccc(N2C(=S)N[C@H](c3ccccn3)[C@@H]2c2cc(C)n(-c3cccc(C(F)(F)F)c3)c2C)c1. The first-order valence-corrected chi connectivity index (χ1v) is 12.1. The lowest BCUT2D eigenvalue weighted by molar-refractivity contribution is -0.137. The molecule has 2 aromatic heterocycles. The van der Waals surface area contributed by atoms with Crippen molar-refractivity contribution in [2.45, 2.75) is 32.1 Å². The average molecular weight is 523 g/mol. The molecule has 0 unspecified atom stereocenters. The molecule has 5 rings (SSSR count). The number of nitrogens with zero attached hydrogens (tertiary/aromatic N) is 3. The van der Waals surface area contributed by atoms with Crippen LogP contribution in [0.4, 0.5) is 18.9 Å². The molecular weight excluding hydrogens is 497 g/mol. The van der Waals surface area contributed by atoms with Crippen molar-refractivity contribution < 1.29 is 17.9 Å². The summed E-state index contributed by atoms with van der Waals surface area (Å²) < 4.78 is 47.7. The topological polar surface area (TPSA) is 42.3 Å². The van der Waals surface area contributed by atoms with Gasteiger partial charge in [-0.25, -0.2) is 0 Å². The highest BCUT2D eigenvalue weighted by Crippen LogP contribution is 2.44. The summed E-state index contributed by atoms with van der Waals surface area (Å²) in [5, 5.41) is 3.95. The predicted octanol–water partition coefficient (Wildman–Crippen LogP) is 6.69. The third-order valence-electron chi connectivity index (χ3n) is 6.65. The van der Waals surface area contributed by atoms with Crippen LogP contribution in [0.25, 0.3) is 5.69 Å². The largest absolute Gasteiger partial charge is 0.497 e. The molecule has 9 heteroatoms. The number of benzene rings is 2. The zero-order valence-corrected chi connectivity index (χ0v) is 21.3. The molecule has 3 heterocycles. The van der Waals surface area contributed by atoms with Gasteiger partial charge in [-0.3, -0.25) is 4.98 Å². The summed E-state index contributed by atoms with van der Waals surface area (Å²) in [4.78, 5) is 6.61. The van der Waals surface area contributed by atoms with Crippen LogP contribution in [-0.2, 0) is 6.18 Å². The van der Waals surface area contributed by atoms with Gasteiger partial charge in [0, 0.05) is 35.0 Å². The van der Waals surface area contributed by atoms with Crippen LogP contribution in [0.3, 0.4) is 0 Å². The Labute approximate surface area is 218 Å². The van der Waals surface area contributed by atoms with Crippen molar-refractivity contribution in [2.24, 2.45) is 0 Å². The molecule has 0 radical (unpaired) electrons. The Morgan fingerprint density at radius 2 is 1.70 bits per heavy atom. The standard InChI is InChI=1S/C28H25F3N4OS/c1-17-14-23(18(2)34(17)20-9-6-8-19(15-20)28(29,30)31)26-25(24-12-4-5-13-32-24)33-27(37)35(26)21-10-7-11-22(16-21)36-3/h4-16,25-26H,1-3H3,(H,33,37)/t25-,26+/m1/s1. The highest BCUT2D eigenvalue weighted by atomic mass is 32.1. The lowest BCUT2D eigenvalue weighted by atomic mass is 9.96. The van der Waals surface area contributed by atoms with Crippen LogP contribution in [0.15, 0.2) is 79.0 Å². The number of methoxy groups -OCH3 is 1. The first kappa shape index (κ1) is 24.8. The molecule has 1 fully saturated rings. The quantitative estimate of drug-likeness (QED) is 0.296. The zero-order valence-electron chi connectivity index (χ0n) is 20.5. The number of hydrogen-bond acceptors (Lipinski definition) is 3. The first-order chi connectivity index (χ1) is 17.7. The van der Waals surface area contributed by atoms with Gasteiger partial charge in [0.05, 0.1) is 30.5 Å². The number of anilines is 1. The summed E-state index contributed by atoms with van der Waals surface area (Å²) in [6.45, 7) is 3.81. The Bertz CT molecular complexity index is 1450. The summed E-state index contributed by atoms with van der Waals surface area (Å²) in [7, 11) is 1.61.